The van der Waals surface area contributed by atoms with E-state index in [1.54, 1.807) is 42.5 Å². The smallest absolute Gasteiger partial charge is 0.341 e. The number of rotatable bonds is 6. The number of hydrogen-bond donors (Lipinski definition) is 2. The van der Waals surface area contributed by atoms with Crippen LogP contribution in [0.5, 0.6) is 5.88 Å². The molecule has 150 valence electrons. The summed E-state index contributed by atoms with van der Waals surface area (Å²) in [6, 6.07) is 13.5. The third-order valence-corrected chi connectivity index (χ3v) is 6.67. The van der Waals surface area contributed by atoms with Crippen LogP contribution in [0.2, 0.25) is 0 Å². The van der Waals surface area contributed by atoms with Crippen molar-refractivity contribution in [2.24, 2.45) is 0 Å². The number of aromatic nitrogens is 1. The minimum Gasteiger partial charge on any atom is -0.480 e. The van der Waals surface area contributed by atoms with Crippen LogP contribution in [-0.4, -0.2) is 31.6 Å². The second-order valence-corrected chi connectivity index (χ2v) is 8.62. The van der Waals surface area contributed by atoms with Crippen molar-refractivity contribution in [3.8, 4) is 5.88 Å². The lowest BCUT2D eigenvalue weighted by Crippen LogP contribution is -2.20. The Morgan fingerprint density at radius 2 is 1.90 bits per heavy atom. The molecular weight excluding hydrogens is 392 g/mol. The van der Waals surface area contributed by atoms with Gasteiger partial charge in [-0.3, -0.25) is 4.72 Å². The summed E-state index contributed by atoms with van der Waals surface area (Å²) in [7, 11) is -2.65. The number of nitrogens with one attached hydrogen (secondary N) is 1. The van der Waals surface area contributed by atoms with Crippen molar-refractivity contribution in [3.63, 3.8) is 0 Å². The minimum absolute atomic E-state index is 0.0822. The number of aromatic carboxylic acids is 1. The predicted octanol–water partition coefficient (Wildman–Crippen LogP) is 4.01. The minimum atomic E-state index is -3.97. The number of carbonyl (C=O) groups is 1. The van der Waals surface area contributed by atoms with Crippen LogP contribution in [-0.2, 0) is 10.0 Å². The lowest BCUT2D eigenvalue weighted by molar-refractivity contribution is 0.0692. The van der Waals surface area contributed by atoms with E-state index in [-0.39, 0.29) is 27.8 Å². The molecule has 1 heterocycles. The van der Waals surface area contributed by atoms with Crippen LogP contribution in [0.1, 0.15) is 41.1 Å². The molecule has 29 heavy (non-hydrogen) atoms. The predicted molar refractivity (Wildman–Crippen MR) is 109 cm³/mol. The normalized spacial score (nSPS) is 14.4. The summed E-state index contributed by atoms with van der Waals surface area (Å²) in [5, 5.41) is 9.85. The van der Waals surface area contributed by atoms with Crippen molar-refractivity contribution in [1.29, 1.82) is 0 Å². The Hall–Kier alpha value is -3.13. The van der Waals surface area contributed by atoms with Crippen molar-refractivity contribution in [1.82, 2.24) is 4.98 Å². The Labute approximate surface area is 168 Å². The lowest BCUT2D eigenvalue weighted by Gasteiger charge is -2.28. The molecule has 1 aromatic heterocycles. The monoisotopic (exact) mass is 412 g/mol. The molecular formula is C21H20N2O5S. The number of fused-ring (bicyclic) bond motifs is 1. The first-order chi connectivity index (χ1) is 13.9. The Morgan fingerprint density at radius 3 is 2.48 bits per heavy atom. The molecule has 1 fully saturated rings. The van der Waals surface area contributed by atoms with Gasteiger partial charge in [0.2, 0.25) is 5.88 Å². The largest absolute Gasteiger partial charge is 0.480 e. The fourth-order valence-corrected chi connectivity index (χ4v) is 5.07. The maximum Gasteiger partial charge on any atom is 0.341 e. The molecule has 0 radical (unpaired) electrons. The fraction of sp³-hybridized carbons (Fsp3) is 0.238. The second kappa shape index (κ2) is 7.36. The Morgan fingerprint density at radius 1 is 1.17 bits per heavy atom. The quantitative estimate of drug-likeness (QED) is 0.634. The molecule has 0 atom stereocenters. The van der Waals surface area contributed by atoms with Crippen LogP contribution in [0.3, 0.4) is 0 Å². The molecule has 7 nitrogen and oxygen atoms in total. The zero-order valence-electron chi connectivity index (χ0n) is 15.8. The van der Waals surface area contributed by atoms with Gasteiger partial charge in [-0.15, -0.1) is 0 Å². The highest BCUT2D eigenvalue weighted by atomic mass is 32.2. The number of nitrogens with zero attached hydrogens (tertiary/aromatic N) is 1. The summed E-state index contributed by atoms with van der Waals surface area (Å²) in [5.41, 5.74) is 1.23. The highest BCUT2D eigenvalue weighted by Crippen LogP contribution is 2.42. The summed E-state index contributed by atoms with van der Waals surface area (Å²) >= 11 is 0. The Balaban J connectivity index is 1.96. The highest BCUT2D eigenvalue weighted by Gasteiger charge is 2.31. The van der Waals surface area contributed by atoms with E-state index >= 15 is 0 Å². The van der Waals surface area contributed by atoms with Crippen LogP contribution < -0.4 is 9.46 Å². The maximum atomic E-state index is 13.4. The topological polar surface area (TPSA) is 106 Å². The summed E-state index contributed by atoms with van der Waals surface area (Å²) in [5.74, 6) is -1.17. The molecule has 0 aliphatic heterocycles. The van der Waals surface area contributed by atoms with Crippen LogP contribution in [0.15, 0.2) is 53.4 Å². The molecule has 1 saturated carbocycles. The van der Waals surface area contributed by atoms with E-state index in [0.717, 1.165) is 19.3 Å². The number of ether oxygens (including phenoxy) is 1. The van der Waals surface area contributed by atoms with Crippen molar-refractivity contribution >= 4 is 32.6 Å². The molecule has 0 spiro atoms. The average Bonchev–Trinajstić information content (AvgIpc) is 2.65. The van der Waals surface area contributed by atoms with Crippen LogP contribution >= 0.6 is 0 Å². The molecule has 2 aromatic carbocycles. The number of methoxy groups -OCH3 is 1. The lowest BCUT2D eigenvalue weighted by atomic mass is 9.80. The number of anilines is 1. The first kappa shape index (κ1) is 19.2. The van der Waals surface area contributed by atoms with Gasteiger partial charge >= 0.3 is 5.97 Å². The number of pyridine rings is 1. The molecule has 1 aliphatic carbocycles. The number of para-hydroxylation sites is 1. The van der Waals surface area contributed by atoms with E-state index in [1.165, 1.54) is 13.2 Å². The molecule has 0 amide bonds. The summed E-state index contributed by atoms with van der Waals surface area (Å²) in [4.78, 5) is 15.9. The summed E-state index contributed by atoms with van der Waals surface area (Å²) < 4.78 is 34.5. The first-order valence-corrected chi connectivity index (χ1v) is 10.7. The van der Waals surface area contributed by atoms with E-state index in [9.17, 15) is 18.3 Å². The SMILES string of the molecule is COc1nc2c(S(=O)(=O)Nc3ccccc3)c(C3CCC3)ccc2cc1C(=O)O. The fourth-order valence-electron chi connectivity index (χ4n) is 3.56. The zero-order valence-corrected chi connectivity index (χ0v) is 16.6. The van der Waals surface area contributed by atoms with Crippen molar-refractivity contribution < 1.29 is 23.1 Å². The van der Waals surface area contributed by atoms with Gasteiger partial charge in [0.05, 0.1) is 12.6 Å². The van der Waals surface area contributed by atoms with E-state index in [1.807, 2.05) is 0 Å². The molecule has 0 bridgehead atoms. The number of carboxylic acids is 1. The number of sulfonamides is 1. The van der Waals surface area contributed by atoms with Crippen molar-refractivity contribution in [3.05, 3.63) is 59.7 Å². The Bertz CT molecular complexity index is 1190. The van der Waals surface area contributed by atoms with E-state index < -0.39 is 16.0 Å². The van der Waals surface area contributed by atoms with Crippen molar-refractivity contribution in [2.75, 3.05) is 11.8 Å². The van der Waals surface area contributed by atoms with Gasteiger partial charge in [0.1, 0.15) is 10.5 Å². The molecule has 2 N–H and O–H groups in total. The molecule has 0 saturated heterocycles. The zero-order chi connectivity index (χ0) is 20.6. The van der Waals surface area contributed by atoms with E-state index in [2.05, 4.69) is 9.71 Å². The molecule has 0 unspecified atom stereocenters. The summed E-state index contributed by atoms with van der Waals surface area (Å²) in [6.45, 7) is 0. The third kappa shape index (κ3) is 3.51. The van der Waals surface area contributed by atoms with Gasteiger partial charge in [0.15, 0.2) is 0 Å². The maximum absolute atomic E-state index is 13.4. The van der Waals surface area contributed by atoms with Gasteiger partial charge in [0, 0.05) is 11.1 Å². The van der Waals surface area contributed by atoms with Gasteiger partial charge in [-0.05, 0) is 42.5 Å². The number of benzene rings is 2. The van der Waals surface area contributed by atoms with Crippen LogP contribution in [0, 0.1) is 0 Å². The number of carboxylic acid groups (broad SMARTS) is 1. The van der Waals surface area contributed by atoms with Gasteiger partial charge < -0.3 is 9.84 Å². The Kier molecular flexibility index (Phi) is 4.87. The van der Waals surface area contributed by atoms with Gasteiger partial charge in [-0.2, -0.15) is 0 Å². The third-order valence-electron chi connectivity index (χ3n) is 5.20. The highest BCUT2D eigenvalue weighted by molar-refractivity contribution is 7.93. The van der Waals surface area contributed by atoms with E-state index in [0.29, 0.717) is 16.6 Å². The van der Waals surface area contributed by atoms with E-state index in [4.69, 9.17) is 4.74 Å². The number of hydrogen-bond acceptors (Lipinski definition) is 5. The molecule has 1 aliphatic rings. The average molecular weight is 412 g/mol. The van der Waals surface area contributed by atoms with Crippen molar-refractivity contribution in [2.45, 2.75) is 30.1 Å². The molecule has 3 aromatic rings. The van der Waals surface area contributed by atoms with Gasteiger partial charge in [-0.25, -0.2) is 18.2 Å². The summed E-state index contributed by atoms with van der Waals surface area (Å²) in [6.07, 6.45) is 2.86. The van der Waals surface area contributed by atoms with Crippen LogP contribution in [0.4, 0.5) is 5.69 Å². The molecule has 4 rings (SSSR count). The van der Waals surface area contributed by atoms with Gasteiger partial charge in [0.25, 0.3) is 10.0 Å². The standard InChI is InChI=1S/C21H20N2O5S/c1-28-20-17(21(24)25)12-14-10-11-16(13-6-5-7-13)19(18(14)22-20)29(26,27)23-15-8-3-2-4-9-15/h2-4,8-13,23H,5-7H2,1H3,(H,24,25). The first-order valence-electron chi connectivity index (χ1n) is 9.23. The van der Waals surface area contributed by atoms with Crippen LogP contribution in [0.25, 0.3) is 10.9 Å². The van der Waals surface area contributed by atoms with Gasteiger partial charge in [-0.1, -0.05) is 36.8 Å². The molecule has 8 heteroatoms. The second-order valence-electron chi connectivity index (χ2n) is 7.01.